The topological polar surface area (TPSA) is 42.2 Å². The molecular weight excluding hydrogens is 206 g/mol. The van der Waals surface area contributed by atoms with Crippen LogP contribution in [0.25, 0.3) is 11.3 Å². The SMILES string of the molecule is CN(C)c1nc(-c2cccc(N)c2)cs1. The van der Waals surface area contributed by atoms with Gasteiger partial charge in [0.2, 0.25) is 0 Å². The molecule has 0 unspecified atom stereocenters. The predicted octanol–water partition coefficient (Wildman–Crippen LogP) is 2.46. The van der Waals surface area contributed by atoms with Crippen molar-refractivity contribution in [2.24, 2.45) is 0 Å². The minimum Gasteiger partial charge on any atom is -0.399 e. The third kappa shape index (κ3) is 2.10. The summed E-state index contributed by atoms with van der Waals surface area (Å²) >= 11 is 1.63. The Labute approximate surface area is 93.2 Å². The van der Waals surface area contributed by atoms with Gasteiger partial charge in [-0.25, -0.2) is 4.98 Å². The fourth-order valence-corrected chi connectivity index (χ4v) is 2.07. The van der Waals surface area contributed by atoms with E-state index < -0.39 is 0 Å². The first kappa shape index (κ1) is 9.98. The number of thiazole rings is 1. The number of nitrogen functional groups attached to an aromatic ring is 1. The van der Waals surface area contributed by atoms with Gasteiger partial charge < -0.3 is 10.6 Å². The van der Waals surface area contributed by atoms with Crippen LogP contribution in [0.1, 0.15) is 0 Å². The summed E-state index contributed by atoms with van der Waals surface area (Å²) in [6, 6.07) is 7.78. The maximum Gasteiger partial charge on any atom is 0.185 e. The largest absolute Gasteiger partial charge is 0.399 e. The first-order chi connectivity index (χ1) is 7.16. The monoisotopic (exact) mass is 219 g/mol. The van der Waals surface area contributed by atoms with E-state index >= 15 is 0 Å². The Morgan fingerprint density at radius 2 is 2.13 bits per heavy atom. The van der Waals surface area contributed by atoms with Gasteiger partial charge in [-0.1, -0.05) is 12.1 Å². The molecule has 0 aliphatic heterocycles. The van der Waals surface area contributed by atoms with Crippen LogP contribution in [0.15, 0.2) is 29.6 Å². The van der Waals surface area contributed by atoms with Gasteiger partial charge in [0.05, 0.1) is 5.69 Å². The summed E-state index contributed by atoms with van der Waals surface area (Å²) < 4.78 is 0. The quantitative estimate of drug-likeness (QED) is 0.789. The molecule has 15 heavy (non-hydrogen) atoms. The van der Waals surface area contributed by atoms with E-state index in [0.717, 1.165) is 22.1 Å². The van der Waals surface area contributed by atoms with Gasteiger partial charge in [0.25, 0.3) is 0 Å². The molecule has 0 spiro atoms. The molecule has 0 aliphatic rings. The Hall–Kier alpha value is -1.55. The number of hydrogen-bond donors (Lipinski definition) is 1. The zero-order valence-electron chi connectivity index (χ0n) is 8.77. The highest BCUT2D eigenvalue weighted by atomic mass is 32.1. The summed E-state index contributed by atoms with van der Waals surface area (Å²) in [4.78, 5) is 6.51. The van der Waals surface area contributed by atoms with Crippen molar-refractivity contribution in [2.45, 2.75) is 0 Å². The number of nitrogens with zero attached hydrogens (tertiary/aromatic N) is 2. The third-order valence-corrected chi connectivity index (χ3v) is 3.07. The minimum atomic E-state index is 0.770. The number of aromatic nitrogens is 1. The van der Waals surface area contributed by atoms with Crippen LogP contribution in [0.2, 0.25) is 0 Å². The maximum absolute atomic E-state index is 5.73. The molecule has 0 atom stereocenters. The van der Waals surface area contributed by atoms with Crippen LogP contribution in [0.5, 0.6) is 0 Å². The van der Waals surface area contributed by atoms with Gasteiger partial charge >= 0.3 is 0 Å². The number of benzene rings is 1. The van der Waals surface area contributed by atoms with Gasteiger partial charge in [0.15, 0.2) is 5.13 Å². The molecule has 2 N–H and O–H groups in total. The lowest BCUT2D eigenvalue weighted by atomic mass is 10.1. The molecule has 4 heteroatoms. The summed E-state index contributed by atoms with van der Waals surface area (Å²) in [5.74, 6) is 0. The van der Waals surface area contributed by atoms with E-state index in [1.165, 1.54) is 0 Å². The molecule has 0 saturated carbocycles. The van der Waals surface area contributed by atoms with Crippen molar-refractivity contribution in [3.63, 3.8) is 0 Å². The van der Waals surface area contributed by atoms with Crippen LogP contribution in [0.4, 0.5) is 10.8 Å². The smallest absolute Gasteiger partial charge is 0.185 e. The molecule has 1 heterocycles. The zero-order chi connectivity index (χ0) is 10.8. The highest BCUT2D eigenvalue weighted by molar-refractivity contribution is 7.14. The first-order valence-electron chi connectivity index (χ1n) is 4.65. The van der Waals surface area contributed by atoms with Crippen molar-refractivity contribution in [3.8, 4) is 11.3 Å². The molecule has 0 bridgehead atoms. The average molecular weight is 219 g/mol. The maximum atomic E-state index is 5.73. The van der Waals surface area contributed by atoms with E-state index in [9.17, 15) is 0 Å². The van der Waals surface area contributed by atoms with E-state index in [1.54, 1.807) is 11.3 Å². The summed E-state index contributed by atoms with van der Waals surface area (Å²) in [5.41, 5.74) is 8.55. The lowest BCUT2D eigenvalue weighted by Crippen LogP contribution is -2.07. The second-order valence-electron chi connectivity index (χ2n) is 3.54. The normalized spacial score (nSPS) is 10.3. The Balaban J connectivity index is 2.37. The van der Waals surface area contributed by atoms with Gasteiger partial charge in [-0.3, -0.25) is 0 Å². The van der Waals surface area contributed by atoms with Crippen LogP contribution in [-0.2, 0) is 0 Å². The molecule has 3 nitrogen and oxygen atoms in total. The van der Waals surface area contributed by atoms with Crippen molar-refractivity contribution in [1.29, 1.82) is 0 Å². The van der Waals surface area contributed by atoms with Crippen molar-refractivity contribution in [1.82, 2.24) is 4.98 Å². The molecule has 1 aromatic heterocycles. The summed E-state index contributed by atoms with van der Waals surface area (Å²) in [7, 11) is 3.98. The van der Waals surface area contributed by atoms with Gasteiger partial charge in [-0.05, 0) is 12.1 Å². The molecule has 0 radical (unpaired) electrons. The number of anilines is 2. The molecule has 78 valence electrons. The van der Waals surface area contributed by atoms with E-state index in [0.29, 0.717) is 0 Å². The minimum absolute atomic E-state index is 0.770. The van der Waals surface area contributed by atoms with Crippen molar-refractivity contribution >= 4 is 22.2 Å². The van der Waals surface area contributed by atoms with Crippen LogP contribution >= 0.6 is 11.3 Å². The van der Waals surface area contributed by atoms with Crippen molar-refractivity contribution in [2.75, 3.05) is 24.7 Å². The predicted molar refractivity (Wildman–Crippen MR) is 66.3 cm³/mol. The molecular formula is C11H13N3S. The van der Waals surface area contributed by atoms with Crippen LogP contribution < -0.4 is 10.6 Å². The second-order valence-corrected chi connectivity index (χ2v) is 4.37. The van der Waals surface area contributed by atoms with E-state index in [1.807, 2.05) is 48.6 Å². The molecule has 0 amide bonds. The van der Waals surface area contributed by atoms with E-state index in [-0.39, 0.29) is 0 Å². The number of hydrogen-bond acceptors (Lipinski definition) is 4. The average Bonchev–Trinajstić information content (AvgIpc) is 2.66. The molecule has 0 aliphatic carbocycles. The Bertz CT molecular complexity index is 462. The molecule has 0 saturated heterocycles. The summed E-state index contributed by atoms with van der Waals surface area (Å²) in [6.45, 7) is 0. The van der Waals surface area contributed by atoms with Gasteiger partial charge in [-0.2, -0.15) is 0 Å². The van der Waals surface area contributed by atoms with Crippen LogP contribution in [0.3, 0.4) is 0 Å². The van der Waals surface area contributed by atoms with Gasteiger partial charge in [0.1, 0.15) is 0 Å². The zero-order valence-corrected chi connectivity index (χ0v) is 9.58. The van der Waals surface area contributed by atoms with Crippen molar-refractivity contribution in [3.05, 3.63) is 29.6 Å². The second kappa shape index (κ2) is 3.90. The Kier molecular flexibility index (Phi) is 2.60. The fourth-order valence-electron chi connectivity index (χ4n) is 1.30. The van der Waals surface area contributed by atoms with Gasteiger partial charge in [-0.15, -0.1) is 11.3 Å². The summed E-state index contributed by atoms with van der Waals surface area (Å²) in [6.07, 6.45) is 0. The standard InChI is InChI=1S/C11H13N3S/c1-14(2)11-13-10(7-15-11)8-4-3-5-9(12)6-8/h3-7H,12H2,1-2H3. The molecule has 1 aromatic carbocycles. The molecule has 0 fully saturated rings. The Morgan fingerprint density at radius 1 is 1.33 bits per heavy atom. The number of nitrogens with two attached hydrogens (primary N) is 1. The Morgan fingerprint density at radius 3 is 2.73 bits per heavy atom. The fraction of sp³-hybridized carbons (Fsp3) is 0.182. The van der Waals surface area contributed by atoms with Gasteiger partial charge in [0, 0.05) is 30.7 Å². The lowest BCUT2D eigenvalue weighted by molar-refractivity contribution is 1.11. The highest BCUT2D eigenvalue weighted by Crippen LogP contribution is 2.27. The first-order valence-corrected chi connectivity index (χ1v) is 5.53. The van der Waals surface area contributed by atoms with Crippen LogP contribution in [0, 0.1) is 0 Å². The van der Waals surface area contributed by atoms with Crippen molar-refractivity contribution < 1.29 is 0 Å². The highest BCUT2D eigenvalue weighted by Gasteiger charge is 2.05. The molecule has 2 aromatic rings. The summed E-state index contributed by atoms with van der Waals surface area (Å²) in [5, 5.41) is 3.05. The van der Waals surface area contributed by atoms with E-state index in [2.05, 4.69) is 4.98 Å². The van der Waals surface area contributed by atoms with Crippen LogP contribution in [-0.4, -0.2) is 19.1 Å². The van der Waals surface area contributed by atoms with E-state index in [4.69, 9.17) is 5.73 Å². The molecule has 2 rings (SSSR count). The number of rotatable bonds is 2. The third-order valence-electron chi connectivity index (χ3n) is 2.06. The lowest BCUT2D eigenvalue weighted by Gasteiger charge is -2.05.